The molecule has 0 heterocycles. The lowest BCUT2D eigenvalue weighted by Gasteiger charge is -2.16. The Bertz CT molecular complexity index is 729. The molecule has 0 radical (unpaired) electrons. The number of benzene rings is 2. The van der Waals surface area contributed by atoms with E-state index in [2.05, 4.69) is 43.4 Å². The van der Waals surface area contributed by atoms with Crippen molar-refractivity contribution in [3.8, 4) is 5.75 Å². The Balaban J connectivity index is 2.35. The topological polar surface area (TPSA) is 41.5 Å². The third-order valence-corrected chi connectivity index (χ3v) is 3.90. The minimum absolute atomic E-state index is 0.118. The van der Waals surface area contributed by atoms with Crippen LogP contribution in [0, 0.1) is 0 Å². The zero-order chi connectivity index (χ0) is 18.1. The summed E-state index contributed by atoms with van der Waals surface area (Å²) in [6, 6.07) is 16.3. The van der Waals surface area contributed by atoms with E-state index in [9.17, 15) is 5.11 Å². The molecular weight excluding hydrogens is 310 g/mol. The molecule has 2 aromatic carbocycles. The summed E-state index contributed by atoms with van der Waals surface area (Å²) in [6.07, 6.45) is 4.77. The van der Waals surface area contributed by atoms with Crippen molar-refractivity contribution in [1.82, 2.24) is 0 Å². The molecule has 0 spiro atoms. The van der Waals surface area contributed by atoms with Crippen LogP contribution < -0.4 is 10.1 Å². The Kier molecular flexibility index (Phi) is 7.30. The van der Waals surface area contributed by atoms with Gasteiger partial charge in [0.1, 0.15) is 5.75 Å². The minimum Gasteiger partial charge on any atom is -0.497 e. The van der Waals surface area contributed by atoms with Gasteiger partial charge in [0.05, 0.1) is 7.11 Å². The molecule has 0 saturated heterocycles. The van der Waals surface area contributed by atoms with Gasteiger partial charge in [0.25, 0.3) is 0 Å². The number of aliphatic hydroxyl groups excluding tert-OH is 1. The Morgan fingerprint density at radius 3 is 2.48 bits per heavy atom. The highest BCUT2D eigenvalue weighted by molar-refractivity contribution is 5.78. The van der Waals surface area contributed by atoms with Crippen molar-refractivity contribution in [2.75, 3.05) is 19.0 Å². The zero-order valence-corrected chi connectivity index (χ0v) is 15.3. The summed E-state index contributed by atoms with van der Waals surface area (Å²) in [5.74, 6) is 0.810. The number of hydrogen-bond acceptors (Lipinski definition) is 3. The van der Waals surface area contributed by atoms with Gasteiger partial charge in [-0.25, -0.2) is 0 Å². The summed E-state index contributed by atoms with van der Waals surface area (Å²) in [4.78, 5) is 0. The van der Waals surface area contributed by atoms with Crippen molar-refractivity contribution in [3.63, 3.8) is 0 Å². The maximum Gasteiger partial charge on any atom is 0.120 e. The highest BCUT2D eigenvalue weighted by Gasteiger charge is 2.09. The summed E-state index contributed by atoms with van der Waals surface area (Å²) in [5, 5.41) is 13.0. The van der Waals surface area contributed by atoms with Gasteiger partial charge in [0, 0.05) is 30.5 Å². The number of nitrogens with one attached hydrogen (secondary N) is 1. The molecular formula is C22H27NO2. The summed E-state index contributed by atoms with van der Waals surface area (Å²) in [7, 11) is 1.67. The van der Waals surface area contributed by atoms with Gasteiger partial charge < -0.3 is 15.2 Å². The van der Waals surface area contributed by atoms with E-state index in [1.54, 1.807) is 7.11 Å². The molecule has 3 heteroatoms. The van der Waals surface area contributed by atoms with Crippen LogP contribution in [0.3, 0.4) is 0 Å². The van der Waals surface area contributed by atoms with Gasteiger partial charge in [-0.15, -0.1) is 0 Å². The van der Waals surface area contributed by atoms with Gasteiger partial charge in [0.2, 0.25) is 0 Å². The molecule has 2 aromatic rings. The quantitative estimate of drug-likeness (QED) is 0.663. The van der Waals surface area contributed by atoms with E-state index >= 15 is 0 Å². The van der Waals surface area contributed by atoms with Crippen LogP contribution in [0.25, 0.3) is 5.57 Å². The number of rotatable bonds is 8. The maximum atomic E-state index is 9.46. The summed E-state index contributed by atoms with van der Waals surface area (Å²) in [5.41, 5.74) is 5.63. The van der Waals surface area contributed by atoms with E-state index in [-0.39, 0.29) is 6.61 Å². The average Bonchev–Trinajstić information content (AvgIpc) is 2.64. The normalized spacial score (nSPS) is 11.1. The van der Waals surface area contributed by atoms with Gasteiger partial charge in [0.15, 0.2) is 0 Å². The predicted octanol–water partition coefficient (Wildman–Crippen LogP) is 5.04. The number of methoxy groups -OCH3 is 1. The summed E-state index contributed by atoms with van der Waals surface area (Å²) < 4.78 is 5.38. The molecule has 0 atom stereocenters. The Hall–Kier alpha value is -2.52. The van der Waals surface area contributed by atoms with Crippen molar-refractivity contribution in [1.29, 1.82) is 0 Å². The molecule has 2 rings (SSSR count). The van der Waals surface area contributed by atoms with Crippen molar-refractivity contribution in [2.24, 2.45) is 0 Å². The highest BCUT2D eigenvalue weighted by Crippen LogP contribution is 2.30. The number of ether oxygens (including phenoxy) is 1. The summed E-state index contributed by atoms with van der Waals surface area (Å²) >= 11 is 0. The SMILES string of the molecule is COc1ccc(/C(=C/C=C(C)C)CCO)c(NCc2ccccc2)c1. The van der Waals surface area contributed by atoms with E-state index in [0.29, 0.717) is 6.42 Å². The fourth-order valence-electron chi connectivity index (χ4n) is 2.57. The number of aliphatic hydroxyl groups is 1. The molecule has 0 aliphatic heterocycles. The van der Waals surface area contributed by atoms with Gasteiger partial charge >= 0.3 is 0 Å². The van der Waals surface area contributed by atoms with Crippen molar-refractivity contribution < 1.29 is 9.84 Å². The van der Waals surface area contributed by atoms with E-state index in [0.717, 1.165) is 29.1 Å². The van der Waals surface area contributed by atoms with Crippen molar-refractivity contribution in [3.05, 3.63) is 77.4 Å². The molecule has 0 aliphatic carbocycles. The first kappa shape index (κ1) is 18.8. The molecule has 0 fully saturated rings. The number of anilines is 1. The van der Waals surface area contributed by atoms with Gasteiger partial charge in [-0.3, -0.25) is 0 Å². The number of hydrogen-bond donors (Lipinski definition) is 2. The molecule has 0 bridgehead atoms. The van der Waals surface area contributed by atoms with Crippen LogP contribution in [-0.2, 0) is 6.54 Å². The standard InChI is InChI=1S/C22H27NO2/c1-17(2)9-10-19(13-14-24)21-12-11-20(25-3)15-22(21)23-16-18-7-5-4-6-8-18/h4-12,15,23-24H,13-14,16H2,1-3H3/b19-10+. The Labute approximate surface area is 150 Å². The lowest BCUT2D eigenvalue weighted by atomic mass is 9.99. The first-order valence-electron chi connectivity index (χ1n) is 8.55. The molecule has 0 aliphatic rings. The van der Waals surface area contributed by atoms with Crippen LogP contribution in [0.1, 0.15) is 31.4 Å². The molecule has 25 heavy (non-hydrogen) atoms. The molecule has 0 unspecified atom stereocenters. The number of allylic oxidation sites excluding steroid dienone is 3. The fourth-order valence-corrected chi connectivity index (χ4v) is 2.57. The van der Waals surface area contributed by atoms with Crippen LogP contribution in [0.15, 0.2) is 66.3 Å². The summed E-state index contributed by atoms with van der Waals surface area (Å²) in [6.45, 7) is 4.98. The average molecular weight is 337 g/mol. The highest BCUT2D eigenvalue weighted by atomic mass is 16.5. The Morgan fingerprint density at radius 1 is 1.08 bits per heavy atom. The first-order valence-corrected chi connectivity index (χ1v) is 8.55. The fraction of sp³-hybridized carbons (Fsp3) is 0.273. The monoisotopic (exact) mass is 337 g/mol. The first-order chi connectivity index (χ1) is 12.1. The van der Waals surface area contributed by atoms with E-state index < -0.39 is 0 Å². The van der Waals surface area contributed by atoms with Gasteiger partial charge in [-0.1, -0.05) is 48.1 Å². The van der Waals surface area contributed by atoms with Crippen LogP contribution in [0.5, 0.6) is 5.75 Å². The van der Waals surface area contributed by atoms with Gasteiger partial charge in [-0.05, 0) is 43.5 Å². The molecule has 0 aromatic heterocycles. The smallest absolute Gasteiger partial charge is 0.120 e. The van der Waals surface area contributed by atoms with Crippen LogP contribution >= 0.6 is 0 Å². The van der Waals surface area contributed by atoms with E-state index in [1.165, 1.54) is 11.1 Å². The molecule has 0 amide bonds. The van der Waals surface area contributed by atoms with Crippen LogP contribution in [0.4, 0.5) is 5.69 Å². The Morgan fingerprint density at radius 2 is 1.84 bits per heavy atom. The van der Waals surface area contributed by atoms with Crippen LogP contribution in [-0.4, -0.2) is 18.8 Å². The van der Waals surface area contributed by atoms with Gasteiger partial charge in [-0.2, -0.15) is 0 Å². The predicted molar refractivity (Wildman–Crippen MR) is 106 cm³/mol. The van der Waals surface area contributed by atoms with E-state index in [4.69, 9.17) is 4.74 Å². The van der Waals surface area contributed by atoms with E-state index in [1.807, 2.05) is 36.4 Å². The second kappa shape index (κ2) is 9.70. The molecule has 2 N–H and O–H groups in total. The minimum atomic E-state index is 0.118. The molecule has 0 saturated carbocycles. The maximum absolute atomic E-state index is 9.46. The second-order valence-electron chi connectivity index (χ2n) is 6.16. The van der Waals surface area contributed by atoms with Crippen molar-refractivity contribution >= 4 is 11.3 Å². The molecule has 132 valence electrons. The largest absolute Gasteiger partial charge is 0.497 e. The molecule has 3 nitrogen and oxygen atoms in total. The third-order valence-electron chi connectivity index (χ3n) is 3.90. The third kappa shape index (κ3) is 5.80. The van der Waals surface area contributed by atoms with Crippen molar-refractivity contribution in [2.45, 2.75) is 26.8 Å². The lowest BCUT2D eigenvalue weighted by Crippen LogP contribution is -2.03. The van der Waals surface area contributed by atoms with Crippen LogP contribution in [0.2, 0.25) is 0 Å². The second-order valence-corrected chi connectivity index (χ2v) is 6.16. The lowest BCUT2D eigenvalue weighted by molar-refractivity contribution is 0.305. The zero-order valence-electron chi connectivity index (χ0n) is 15.3.